The van der Waals surface area contributed by atoms with Gasteiger partial charge in [0.05, 0.1) is 12.7 Å². The molecule has 1 aromatic heterocycles. The fourth-order valence-electron chi connectivity index (χ4n) is 1.21. The van der Waals surface area contributed by atoms with Gasteiger partial charge < -0.3 is 15.4 Å². The van der Waals surface area contributed by atoms with Gasteiger partial charge in [-0.15, -0.1) is 5.10 Å². The third kappa shape index (κ3) is 0.939. The number of rotatable bonds is 0. The quantitative estimate of drug-likeness (QED) is 0.582. The Labute approximate surface area is 70.1 Å². The van der Waals surface area contributed by atoms with E-state index in [9.17, 15) is 0 Å². The second kappa shape index (κ2) is 2.51. The van der Waals surface area contributed by atoms with E-state index in [1.807, 2.05) is 11.9 Å². The van der Waals surface area contributed by atoms with Crippen LogP contribution in [0.4, 0.5) is 11.5 Å². The average Bonchev–Trinajstić information content (AvgIpc) is 2.07. The Balaban J connectivity index is 2.52. The lowest BCUT2D eigenvalue weighted by molar-refractivity contribution is 0.311. The van der Waals surface area contributed by atoms with Crippen molar-refractivity contribution in [2.45, 2.75) is 0 Å². The second-order valence-corrected chi connectivity index (χ2v) is 2.71. The summed E-state index contributed by atoms with van der Waals surface area (Å²) in [5.74, 6) is 1.01. The molecule has 1 aliphatic rings. The largest absolute Gasteiger partial charge is 0.486 e. The number of nitrogens with two attached hydrogens (primary N) is 1. The average molecular weight is 166 g/mol. The van der Waals surface area contributed by atoms with Crippen LogP contribution in [0.5, 0.6) is 5.75 Å². The van der Waals surface area contributed by atoms with E-state index in [0.717, 1.165) is 12.2 Å². The predicted octanol–water partition coefficient (Wildman–Crippen LogP) is -0.113. The van der Waals surface area contributed by atoms with Crippen LogP contribution in [0.1, 0.15) is 0 Å². The SMILES string of the molecule is CN1CCOc2c1cnnc2N. The van der Waals surface area contributed by atoms with Gasteiger partial charge in [0.25, 0.3) is 0 Å². The minimum Gasteiger partial charge on any atom is -0.486 e. The molecule has 12 heavy (non-hydrogen) atoms. The van der Waals surface area contributed by atoms with E-state index in [1.54, 1.807) is 6.20 Å². The molecule has 0 fully saturated rings. The van der Waals surface area contributed by atoms with Crippen molar-refractivity contribution in [1.29, 1.82) is 0 Å². The van der Waals surface area contributed by atoms with Crippen LogP contribution in [-0.2, 0) is 0 Å². The zero-order valence-electron chi connectivity index (χ0n) is 6.82. The van der Waals surface area contributed by atoms with E-state index in [0.29, 0.717) is 18.2 Å². The molecule has 1 aromatic rings. The molecule has 1 aliphatic heterocycles. The number of ether oxygens (including phenoxy) is 1. The van der Waals surface area contributed by atoms with E-state index in [2.05, 4.69) is 10.2 Å². The van der Waals surface area contributed by atoms with E-state index in [-0.39, 0.29) is 0 Å². The molecule has 0 atom stereocenters. The minimum absolute atomic E-state index is 0.360. The lowest BCUT2D eigenvalue weighted by Crippen LogP contribution is -2.29. The molecule has 64 valence electrons. The summed E-state index contributed by atoms with van der Waals surface area (Å²) in [6, 6.07) is 0. The first kappa shape index (κ1) is 7.15. The first-order chi connectivity index (χ1) is 5.79. The van der Waals surface area contributed by atoms with Crippen LogP contribution in [0, 0.1) is 0 Å². The first-order valence-corrected chi connectivity index (χ1v) is 3.74. The molecule has 0 radical (unpaired) electrons. The molecule has 0 bridgehead atoms. The topological polar surface area (TPSA) is 64.3 Å². The highest BCUT2D eigenvalue weighted by Crippen LogP contribution is 2.32. The summed E-state index contributed by atoms with van der Waals surface area (Å²) in [4.78, 5) is 2.05. The Kier molecular flexibility index (Phi) is 1.49. The van der Waals surface area contributed by atoms with Crippen LogP contribution in [0.25, 0.3) is 0 Å². The fourth-order valence-corrected chi connectivity index (χ4v) is 1.21. The number of nitrogens with zero attached hydrogens (tertiary/aromatic N) is 3. The van der Waals surface area contributed by atoms with Crippen molar-refractivity contribution in [3.8, 4) is 5.75 Å². The number of hydrogen-bond acceptors (Lipinski definition) is 5. The summed E-state index contributed by atoms with van der Waals surface area (Å²) in [5.41, 5.74) is 6.49. The normalized spacial score (nSPS) is 15.2. The molecule has 0 unspecified atom stereocenters. The van der Waals surface area contributed by atoms with E-state index in [4.69, 9.17) is 10.5 Å². The summed E-state index contributed by atoms with van der Waals surface area (Å²) in [5, 5.41) is 7.45. The van der Waals surface area contributed by atoms with Crippen molar-refractivity contribution in [2.24, 2.45) is 0 Å². The predicted molar refractivity (Wildman–Crippen MR) is 45.2 cm³/mol. The van der Waals surface area contributed by atoms with Gasteiger partial charge in [0, 0.05) is 7.05 Å². The van der Waals surface area contributed by atoms with Crippen LogP contribution in [0.3, 0.4) is 0 Å². The van der Waals surface area contributed by atoms with E-state index < -0.39 is 0 Å². The van der Waals surface area contributed by atoms with Crippen LogP contribution in [0.15, 0.2) is 6.20 Å². The maximum atomic E-state index is 5.58. The van der Waals surface area contributed by atoms with Crippen molar-refractivity contribution >= 4 is 11.5 Å². The summed E-state index contributed by atoms with van der Waals surface area (Å²) in [6.45, 7) is 1.51. The highest BCUT2D eigenvalue weighted by molar-refractivity contribution is 5.66. The molecule has 2 rings (SSSR count). The summed E-state index contributed by atoms with van der Waals surface area (Å²) in [6.07, 6.45) is 1.66. The van der Waals surface area contributed by atoms with Gasteiger partial charge in [-0.2, -0.15) is 5.10 Å². The Morgan fingerprint density at radius 3 is 3.25 bits per heavy atom. The van der Waals surface area contributed by atoms with E-state index in [1.165, 1.54) is 0 Å². The Morgan fingerprint density at radius 1 is 1.67 bits per heavy atom. The van der Waals surface area contributed by atoms with Crippen molar-refractivity contribution in [3.63, 3.8) is 0 Å². The van der Waals surface area contributed by atoms with Crippen LogP contribution < -0.4 is 15.4 Å². The van der Waals surface area contributed by atoms with Crippen molar-refractivity contribution < 1.29 is 4.74 Å². The smallest absolute Gasteiger partial charge is 0.190 e. The second-order valence-electron chi connectivity index (χ2n) is 2.71. The molecule has 0 aliphatic carbocycles. The molecule has 0 saturated heterocycles. The molecule has 0 spiro atoms. The van der Waals surface area contributed by atoms with Gasteiger partial charge >= 0.3 is 0 Å². The minimum atomic E-state index is 0.360. The monoisotopic (exact) mass is 166 g/mol. The first-order valence-electron chi connectivity index (χ1n) is 3.74. The van der Waals surface area contributed by atoms with Gasteiger partial charge in [0.2, 0.25) is 0 Å². The maximum absolute atomic E-state index is 5.58. The lowest BCUT2D eigenvalue weighted by atomic mass is 10.3. The summed E-state index contributed by atoms with van der Waals surface area (Å²) < 4.78 is 5.36. The van der Waals surface area contributed by atoms with Gasteiger partial charge in [-0.1, -0.05) is 0 Å². The highest BCUT2D eigenvalue weighted by Gasteiger charge is 2.17. The van der Waals surface area contributed by atoms with Crippen LogP contribution >= 0.6 is 0 Å². The molecule has 0 amide bonds. The number of aromatic nitrogens is 2. The number of nitrogen functional groups attached to an aromatic ring is 1. The fraction of sp³-hybridized carbons (Fsp3) is 0.429. The van der Waals surface area contributed by atoms with Crippen molar-refractivity contribution in [2.75, 3.05) is 30.8 Å². The van der Waals surface area contributed by atoms with Gasteiger partial charge in [-0.25, -0.2) is 0 Å². The molecule has 5 nitrogen and oxygen atoms in total. The molecular formula is C7H10N4O. The van der Waals surface area contributed by atoms with Gasteiger partial charge in [-0.3, -0.25) is 0 Å². The molecular weight excluding hydrogens is 156 g/mol. The Bertz CT molecular complexity index is 301. The maximum Gasteiger partial charge on any atom is 0.190 e. The van der Waals surface area contributed by atoms with E-state index >= 15 is 0 Å². The molecule has 5 heteroatoms. The summed E-state index contributed by atoms with van der Waals surface area (Å²) in [7, 11) is 1.97. The number of fused-ring (bicyclic) bond motifs is 1. The Hall–Kier alpha value is -1.52. The number of hydrogen-bond donors (Lipinski definition) is 1. The zero-order valence-corrected chi connectivity index (χ0v) is 6.82. The molecule has 0 aromatic carbocycles. The van der Waals surface area contributed by atoms with Gasteiger partial charge in [0.1, 0.15) is 12.3 Å². The molecule has 2 heterocycles. The van der Waals surface area contributed by atoms with Crippen molar-refractivity contribution in [3.05, 3.63) is 6.20 Å². The number of likely N-dealkylation sites (N-methyl/N-ethyl adjacent to an activating group) is 1. The Morgan fingerprint density at radius 2 is 2.50 bits per heavy atom. The third-order valence-electron chi connectivity index (χ3n) is 1.90. The van der Waals surface area contributed by atoms with Gasteiger partial charge in [-0.05, 0) is 0 Å². The van der Waals surface area contributed by atoms with Crippen LogP contribution in [0.2, 0.25) is 0 Å². The molecule has 2 N–H and O–H groups in total. The van der Waals surface area contributed by atoms with Crippen LogP contribution in [-0.4, -0.2) is 30.4 Å². The number of anilines is 2. The summed E-state index contributed by atoms with van der Waals surface area (Å²) >= 11 is 0. The zero-order chi connectivity index (χ0) is 8.55. The van der Waals surface area contributed by atoms with Crippen molar-refractivity contribution in [1.82, 2.24) is 10.2 Å². The highest BCUT2D eigenvalue weighted by atomic mass is 16.5. The third-order valence-corrected chi connectivity index (χ3v) is 1.90. The lowest BCUT2D eigenvalue weighted by Gasteiger charge is -2.26. The van der Waals surface area contributed by atoms with Gasteiger partial charge in [0.15, 0.2) is 11.6 Å². The standard InChI is InChI=1S/C7H10N4O/c1-11-2-3-12-6-5(11)4-9-10-7(6)8/h4H,2-3H2,1H3,(H2,8,10). The molecule has 0 saturated carbocycles.